The minimum Gasteiger partial charge on any atom is -0.497 e. The summed E-state index contributed by atoms with van der Waals surface area (Å²) >= 11 is 5.23. The smallest absolute Gasteiger partial charge is 0.497 e. The fourth-order valence-electron chi connectivity index (χ4n) is 4.05. The van der Waals surface area contributed by atoms with Crippen LogP contribution in [0.5, 0.6) is 11.5 Å². The van der Waals surface area contributed by atoms with E-state index in [1.807, 2.05) is 43.3 Å². The third kappa shape index (κ3) is 8.93. The monoisotopic (exact) mass is 598 g/mol. The van der Waals surface area contributed by atoms with Crippen LogP contribution >= 0.6 is 12.2 Å². The van der Waals surface area contributed by atoms with Crippen LogP contribution in [0, 0.1) is 6.92 Å². The van der Waals surface area contributed by atoms with E-state index in [4.69, 9.17) is 17.0 Å². The van der Waals surface area contributed by atoms with E-state index < -0.39 is 6.36 Å². The molecule has 9 nitrogen and oxygen atoms in total. The van der Waals surface area contributed by atoms with E-state index in [2.05, 4.69) is 30.8 Å². The maximum Gasteiger partial charge on any atom is 0.573 e. The topological polar surface area (TPSA) is 102 Å². The third-order valence-corrected chi connectivity index (χ3v) is 6.30. The van der Waals surface area contributed by atoms with Crippen molar-refractivity contribution in [3.63, 3.8) is 0 Å². The van der Waals surface area contributed by atoms with E-state index in [0.29, 0.717) is 18.1 Å². The second kappa shape index (κ2) is 13.8. The van der Waals surface area contributed by atoms with Crippen molar-refractivity contribution in [2.45, 2.75) is 32.5 Å². The van der Waals surface area contributed by atoms with Crippen molar-refractivity contribution >= 4 is 29.0 Å². The van der Waals surface area contributed by atoms with Crippen molar-refractivity contribution in [1.82, 2.24) is 25.4 Å². The van der Waals surface area contributed by atoms with Crippen molar-refractivity contribution in [1.29, 1.82) is 0 Å². The molecular weight excluding hydrogens is 569 g/mol. The first kappa shape index (κ1) is 30.3. The van der Waals surface area contributed by atoms with Gasteiger partial charge in [0.15, 0.2) is 10.9 Å². The van der Waals surface area contributed by atoms with Crippen LogP contribution in [-0.4, -0.2) is 45.9 Å². The molecule has 0 aliphatic carbocycles. The highest BCUT2D eigenvalue weighted by Gasteiger charge is 2.31. The summed E-state index contributed by atoms with van der Waals surface area (Å²) in [6, 6.07) is 18.3. The number of carbonyl (C=O) groups excluding carboxylic acids is 1. The lowest BCUT2D eigenvalue weighted by Gasteiger charge is -2.13. The molecule has 0 saturated carbocycles. The first-order chi connectivity index (χ1) is 20.1. The first-order valence-electron chi connectivity index (χ1n) is 13.0. The van der Waals surface area contributed by atoms with Crippen molar-refractivity contribution in [2.75, 3.05) is 19.0 Å². The zero-order chi connectivity index (χ0) is 30.1. The van der Waals surface area contributed by atoms with E-state index >= 15 is 0 Å². The van der Waals surface area contributed by atoms with E-state index in [0.717, 1.165) is 47.4 Å². The van der Waals surface area contributed by atoms with Gasteiger partial charge >= 0.3 is 12.4 Å². The molecule has 0 aliphatic rings. The number of carbonyl (C=O) groups is 1. The molecule has 1 aromatic heterocycles. The molecule has 220 valence electrons. The lowest BCUT2D eigenvalue weighted by molar-refractivity contribution is -0.274. The highest BCUT2D eigenvalue weighted by atomic mass is 32.1. The predicted octanol–water partition coefficient (Wildman–Crippen LogP) is 6.17. The van der Waals surface area contributed by atoms with Crippen molar-refractivity contribution in [2.24, 2.45) is 0 Å². The van der Waals surface area contributed by atoms with E-state index in [1.165, 1.54) is 35.3 Å². The Bertz CT molecular complexity index is 1530. The van der Waals surface area contributed by atoms with Gasteiger partial charge in [0.1, 0.15) is 17.8 Å². The Morgan fingerprint density at radius 3 is 2.50 bits per heavy atom. The van der Waals surface area contributed by atoms with Gasteiger partial charge in [-0.25, -0.2) is 14.5 Å². The van der Waals surface area contributed by atoms with Gasteiger partial charge in [0.05, 0.1) is 12.8 Å². The average Bonchev–Trinajstić information content (AvgIpc) is 3.44. The van der Waals surface area contributed by atoms with E-state index in [-0.39, 0.29) is 16.9 Å². The predicted molar refractivity (Wildman–Crippen MR) is 157 cm³/mol. The number of nitrogens with zero attached hydrogens (tertiary/aromatic N) is 3. The number of thiocarbonyl (C=S) groups is 1. The highest BCUT2D eigenvalue weighted by molar-refractivity contribution is 7.80. The molecule has 4 rings (SSSR count). The van der Waals surface area contributed by atoms with Gasteiger partial charge < -0.3 is 20.1 Å². The Kier molecular flexibility index (Phi) is 9.97. The SMILES string of the molecule is COc1ccc(NC(=S)NC(=O)NCCCCc2cccc(-c3ncn(-c4ccc(OC(F)(F)F)cc4)n3)c2)c(C)c1. The summed E-state index contributed by atoms with van der Waals surface area (Å²) in [5.41, 5.74) is 4.15. The molecule has 3 N–H and O–H groups in total. The number of aryl methyl sites for hydroxylation is 2. The molecule has 3 aromatic carbocycles. The number of urea groups is 1. The number of alkyl halides is 3. The lowest BCUT2D eigenvalue weighted by Crippen LogP contribution is -2.41. The molecule has 0 spiro atoms. The summed E-state index contributed by atoms with van der Waals surface area (Å²) in [5.74, 6) is 0.912. The molecule has 0 bridgehead atoms. The quantitative estimate of drug-likeness (QED) is 0.148. The third-order valence-electron chi connectivity index (χ3n) is 6.10. The Balaban J connectivity index is 1.20. The van der Waals surface area contributed by atoms with E-state index in [1.54, 1.807) is 13.2 Å². The molecule has 0 aliphatic heterocycles. The number of benzene rings is 3. The van der Waals surface area contributed by atoms with Gasteiger partial charge in [0.25, 0.3) is 0 Å². The van der Waals surface area contributed by atoms with Crippen LogP contribution in [0.4, 0.5) is 23.7 Å². The fourth-order valence-corrected chi connectivity index (χ4v) is 4.25. The lowest BCUT2D eigenvalue weighted by atomic mass is 10.0. The maximum atomic E-state index is 12.4. The second-order valence-electron chi connectivity index (χ2n) is 9.23. The second-order valence-corrected chi connectivity index (χ2v) is 9.64. The molecule has 0 atom stereocenters. The van der Waals surface area contributed by atoms with Gasteiger partial charge in [-0.1, -0.05) is 18.2 Å². The number of hydrogen-bond donors (Lipinski definition) is 3. The van der Waals surface area contributed by atoms with Crippen LogP contribution in [0.3, 0.4) is 0 Å². The van der Waals surface area contributed by atoms with Gasteiger partial charge in [0, 0.05) is 17.8 Å². The molecular formula is C29H29F3N6O3S. The molecule has 0 fully saturated rings. The van der Waals surface area contributed by atoms with Crippen molar-refractivity contribution < 1.29 is 27.4 Å². The van der Waals surface area contributed by atoms with Crippen LogP contribution in [0.15, 0.2) is 73.1 Å². The minimum atomic E-state index is -4.75. The number of halogens is 3. The minimum absolute atomic E-state index is 0.195. The van der Waals surface area contributed by atoms with Gasteiger partial charge in [0.2, 0.25) is 0 Å². The average molecular weight is 599 g/mol. The molecule has 0 radical (unpaired) electrons. The van der Waals surface area contributed by atoms with Crippen LogP contribution in [0.1, 0.15) is 24.0 Å². The standard InChI is InChI=1S/C29H29F3N6O3S/c1-19-16-24(40-2)13-14-25(19)35-28(42)36-27(39)33-15-4-3-6-20-7-5-8-21(17-20)26-34-18-38(37-26)22-9-11-23(12-10-22)41-29(30,31)32/h5,7-14,16-18H,3-4,6,15H2,1-2H3,(H3,33,35,36,39,42). The first-order valence-corrected chi connectivity index (χ1v) is 13.4. The Labute approximate surface area is 246 Å². The number of methoxy groups -OCH3 is 1. The van der Waals surface area contributed by atoms with Gasteiger partial charge in [-0.3, -0.25) is 5.32 Å². The van der Waals surface area contributed by atoms with Gasteiger partial charge in [-0.15, -0.1) is 18.3 Å². The summed E-state index contributed by atoms with van der Waals surface area (Å²) in [4.78, 5) is 16.5. The summed E-state index contributed by atoms with van der Waals surface area (Å²) in [6.45, 7) is 2.39. The van der Waals surface area contributed by atoms with Crippen molar-refractivity contribution in [3.8, 4) is 28.6 Å². The van der Waals surface area contributed by atoms with E-state index in [9.17, 15) is 18.0 Å². The molecule has 1 heterocycles. The molecule has 2 amide bonds. The zero-order valence-electron chi connectivity index (χ0n) is 22.9. The number of rotatable bonds is 10. The Morgan fingerprint density at radius 1 is 1.02 bits per heavy atom. The number of aromatic nitrogens is 3. The molecule has 13 heteroatoms. The highest BCUT2D eigenvalue weighted by Crippen LogP contribution is 2.24. The number of anilines is 1. The normalized spacial score (nSPS) is 11.1. The number of nitrogens with one attached hydrogen (secondary N) is 3. The number of unbranched alkanes of at least 4 members (excludes halogenated alkanes) is 1. The molecule has 0 unspecified atom stereocenters. The van der Waals surface area contributed by atoms with Crippen LogP contribution < -0.4 is 25.4 Å². The van der Waals surface area contributed by atoms with Gasteiger partial charge in [-0.2, -0.15) is 0 Å². The van der Waals surface area contributed by atoms with Crippen LogP contribution in [0.2, 0.25) is 0 Å². The Morgan fingerprint density at radius 2 is 1.79 bits per heavy atom. The Hall–Kier alpha value is -4.65. The largest absolute Gasteiger partial charge is 0.573 e. The summed E-state index contributed by atoms with van der Waals surface area (Å²) in [6.07, 6.45) is -0.864. The molecule has 0 saturated heterocycles. The van der Waals surface area contributed by atoms with Crippen LogP contribution in [0.25, 0.3) is 17.1 Å². The van der Waals surface area contributed by atoms with Crippen LogP contribution in [-0.2, 0) is 6.42 Å². The molecule has 42 heavy (non-hydrogen) atoms. The summed E-state index contributed by atoms with van der Waals surface area (Å²) in [5, 5.41) is 13.1. The number of hydrogen-bond acceptors (Lipinski definition) is 6. The van der Waals surface area contributed by atoms with Crippen molar-refractivity contribution in [3.05, 3.63) is 84.2 Å². The van der Waals surface area contributed by atoms with Gasteiger partial charge in [-0.05, 0) is 98.1 Å². The number of ether oxygens (including phenoxy) is 2. The maximum absolute atomic E-state index is 12.4. The summed E-state index contributed by atoms with van der Waals surface area (Å²) in [7, 11) is 1.60. The molecule has 4 aromatic rings. The fraction of sp³-hybridized carbons (Fsp3) is 0.241. The summed E-state index contributed by atoms with van der Waals surface area (Å²) < 4.78 is 47.7. The number of amides is 2. The zero-order valence-corrected chi connectivity index (χ0v) is 23.7.